The highest BCUT2D eigenvalue weighted by Gasteiger charge is 2.47. The molecular formula is C15H20FN5O4. The number of nitrogens with zero attached hydrogens (tertiary/aromatic N) is 3. The number of imidazole rings is 1. The second kappa shape index (κ2) is 6.90. The molecule has 1 fully saturated rings. The number of rotatable bonds is 6. The number of aromatic amines is 1. The Morgan fingerprint density at radius 1 is 1.52 bits per heavy atom. The summed E-state index contributed by atoms with van der Waals surface area (Å²) in [5.41, 5.74) is 5.94. The molecule has 4 atom stereocenters. The largest absolute Gasteiger partial charge is 0.396 e. The Bertz CT molecular complexity index is 835. The third-order valence-corrected chi connectivity index (χ3v) is 4.45. The summed E-state index contributed by atoms with van der Waals surface area (Å²) in [5.74, 6) is -0.686. The van der Waals surface area contributed by atoms with Gasteiger partial charge >= 0.3 is 0 Å². The van der Waals surface area contributed by atoms with Crippen LogP contribution in [0.15, 0.2) is 23.3 Å². The molecule has 25 heavy (non-hydrogen) atoms. The zero-order valence-corrected chi connectivity index (χ0v) is 13.4. The van der Waals surface area contributed by atoms with Crippen LogP contribution in [0.25, 0.3) is 11.2 Å². The first-order valence-electron chi connectivity index (χ1n) is 7.87. The molecule has 0 bridgehead atoms. The lowest BCUT2D eigenvalue weighted by Gasteiger charge is -2.24. The van der Waals surface area contributed by atoms with Gasteiger partial charge in [0.05, 0.1) is 31.8 Å². The van der Waals surface area contributed by atoms with Gasteiger partial charge in [0, 0.05) is 12.5 Å². The van der Waals surface area contributed by atoms with Crippen molar-refractivity contribution in [1.29, 1.82) is 0 Å². The summed E-state index contributed by atoms with van der Waals surface area (Å²) in [5, 5.41) is 20.0. The highest BCUT2D eigenvalue weighted by Crippen LogP contribution is 2.42. The van der Waals surface area contributed by atoms with E-state index in [9.17, 15) is 19.4 Å². The van der Waals surface area contributed by atoms with E-state index in [2.05, 4.69) is 21.5 Å². The van der Waals surface area contributed by atoms with Crippen molar-refractivity contribution in [3.8, 4) is 0 Å². The molecule has 5 N–H and O–H groups in total. The number of anilines is 1. The Balaban J connectivity index is 2.05. The number of ether oxygens (including phenoxy) is 1. The van der Waals surface area contributed by atoms with E-state index in [4.69, 9.17) is 10.5 Å². The molecule has 9 nitrogen and oxygen atoms in total. The highest BCUT2D eigenvalue weighted by atomic mass is 18.2. The van der Waals surface area contributed by atoms with E-state index in [1.807, 2.05) is 0 Å². The lowest BCUT2D eigenvalue weighted by atomic mass is 10.0. The number of hydrogen-bond donors (Lipinski definition) is 4. The van der Waals surface area contributed by atoms with E-state index in [1.54, 1.807) is 4.57 Å². The van der Waals surface area contributed by atoms with Crippen LogP contribution in [0.4, 0.5) is 10.3 Å². The Hall–Kier alpha value is -2.30. The van der Waals surface area contributed by atoms with Crippen molar-refractivity contribution in [2.45, 2.75) is 24.7 Å². The van der Waals surface area contributed by atoms with E-state index in [-0.39, 0.29) is 36.7 Å². The summed E-state index contributed by atoms with van der Waals surface area (Å²) < 4.78 is 19.6. The summed E-state index contributed by atoms with van der Waals surface area (Å²) in [6.07, 6.45) is -0.239. The van der Waals surface area contributed by atoms with Crippen LogP contribution in [0, 0.1) is 5.92 Å². The van der Waals surface area contributed by atoms with Gasteiger partial charge in [0.1, 0.15) is 6.10 Å². The average Bonchev–Trinajstić information content (AvgIpc) is 3.07. The number of nitrogens with one attached hydrogen (secondary N) is 1. The SMILES string of the molecule is C=C1[C@H](CO)[C@H](O)[C@H](OCCC[18F])[C@H]1n1cnc2c(=O)[nH]c(N)nc21. The maximum Gasteiger partial charge on any atom is 0.280 e. The molecular weight excluding hydrogens is 332 g/mol. The number of aliphatic hydroxyl groups is 2. The zero-order chi connectivity index (χ0) is 18.1. The van der Waals surface area contributed by atoms with Crippen molar-refractivity contribution in [3.63, 3.8) is 0 Å². The Kier molecular flexibility index (Phi) is 4.84. The van der Waals surface area contributed by atoms with Gasteiger partial charge in [0.15, 0.2) is 11.2 Å². The van der Waals surface area contributed by atoms with Gasteiger partial charge in [0.2, 0.25) is 5.95 Å². The van der Waals surface area contributed by atoms with Crippen molar-refractivity contribution < 1.29 is 19.3 Å². The molecule has 0 aromatic carbocycles. The monoisotopic (exact) mass is 352 g/mol. The fourth-order valence-electron chi connectivity index (χ4n) is 3.24. The van der Waals surface area contributed by atoms with Gasteiger partial charge in [0.25, 0.3) is 5.56 Å². The molecule has 0 spiro atoms. The second-order valence-corrected chi connectivity index (χ2v) is 5.95. The first-order valence-corrected chi connectivity index (χ1v) is 7.87. The number of halogens is 1. The maximum atomic E-state index is 12.4. The molecule has 0 radical (unpaired) electrons. The number of aromatic nitrogens is 4. The zero-order valence-electron chi connectivity index (χ0n) is 13.4. The molecule has 3 rings (SSSR count). The first kappa shape index (κ1) is 17.5. The summed E-state index contributed by atoms with van der Waals surface area (Å²) in [6, 6.07) is -0.620. The van der Waals surface area contributed by atoms with Gasteiger partial charge < -0.3 is 25.3 Å². The third kappa shape index (κ3) is 2.92. The fraction of sp³-hybridized carbons (Fsp3) is 0.533. The topological polar surface area (TPSA) is 139 Å². The Morgan fingerprint density at radius 2 is 2.28 bits per heavy atom. The predicted octanol–water partition coefficient (Wildman–Crippen LogP) is -0.473. The van der Waals surface area contributed by atoms with Crippen molar-refractivity contribution in [1.82, 2.24) is 19.5 Å². The number of H-pyrrole nitrogens is 1. The second-order valence-electron chi connectivity index (χ2n) is 5.95. The van der Waals surface area contributed by atoms with E-state index in [0.29, 0.717) is 5.57 Å². The van der Waals surface area contributed by atoms with Gasteiger partial charge in [-0.2, -0.15) is 4.98 Å². The number of alkyl halides is 1. The predicted molar refractivity (Wildman–Crippen MR) is 87.7 cm³/mol. The molecule has 1 aliphatic carbocycles. The molecule has 2 aromatic rings. The van der Waals surface area contributed by atoms with E-state index >= 15 is 0 Å². The van der Waals surface area contributed by atoms with E-state index in [1.165, 1.54) is 6.33 Å². The minimum atomic E-state index is -1.03. The average molecular weight is 352 g/mol. The van der Waals surface area contributed by atoms with Crippen LogP contribution in [0.5, 0.6) is 0 Å². The lowest BCUT2D eigenvalue weighted by Crippen LogP contribution is -2.33. The van der Waals surface area contributed by atoms with Crippen molar-refractivity contribution in [3.05, 3.63) is 28.8 Å². The third-order valence-electron chi connectivity index (χ3n) is 4.45. The number of nitrogens with two attached hydrogens (primary N) is 1. The molecule has 0 aliphatic heterocycles. The molecule has 2 aromatic heterocycles. The van der Waals surface area contributed by atoms with Crippen LogP contribution >= 0.6 is 0 Å². The van der Waals surface area contributed by atoms with Gasteiger partial charge in [-0.15, -0.1) is 0 Å². The van der Waals surface area contributed by atoms with Gasteiger partial charge in [-0.3, -0.25) is 14.2 Å². The van der Waals surface area contributed by atoms with Gasteiger partial charge in [-0.05, 0) is 12.0 Å². The minimum absolute atomic E-state index is 0.0722. The van der Waals surface area contributed by atoms with Gasteiger partial charge in [-0.25, -0.2) is 4.98 Å². The molecule has 136 valence electrons. The number of hydrogen-bond acceptors (Lipinski definition) is 7. The number of aliphatic hydroxyl groups excluding tert-OH is 2. The lowest BCUT2D eigenvalue weighted by molar-refractivity contribution is -0.0531. The van der Waals surface area contributed by atoms with Crippen LogP contribution in [0.1, 0.15) is 12.5 Å². The molecule has 0 amide bonds. The molecule has 0 saturated heterocycles. The fourth-order valence-corrected chi connectivity index (χ4v) is 3.24. The van der Waals surface area contributed by atoms with E-state index in [0.717, 1.165) is 0 Å². The standard InChI is InChI=1S/C15H20FN5O4/c1-7-8(5-22)11(23)12(25-4-2-3-16)10(7)21-6-18-9-13(21)19-15(17)20-14(9)24/h6,8,10-12,22-23H,1-5H2,(H3,17,19,20,24)/t8-,10-,11-,12+/m0/s1/i16-1. The number of fused-ring (bicyclic) bond motifs is 1. The van der Waals surface area contributed by atoms with Crippen LogP contribution in [0.2, 0.25) is 0 Å². The quantitative estimate of drug-likeness (QED) is 0.407. The van der Waals surface area contributed by atoms with Crippen molar-refractivity contribution in [2.24, 2.45) is 5.92 Å². The number of nitrogen functional groups attached to an aromatic ring is 1. The Labute approximate surface area is 142 Å². The van der Waals surface area contributed by atoms with Crippen LogP contribution < -0.4 is 11.3 Å². The van der Waals surface area contributed by atoms with E-state index < -0.39 is 36.4 Å². The normalized spacial score (nSPS) is 26.6. The summed E-state index contributed by atoms with van der Waals surface area (Å²) in [6.45, 7) is 3.20. The molecule has 0 unspecified atom stereocenters. The maximum absolute atomic E-state index is 12.4. The van der Waals surface area contributed by atoms with Gasteiger partial charge in [-0.1, -0.05) is 6.58 Å². The first-order chi connectivity index (χ1) is 12.0. The smallest absolute Gasteiger partial charge is 0.280 e. The van der Waals surface area contributed by atoms with Crippen molar-refractivity contribution in [2.75, 3.05) is 25.6 Å². The highest BCUT2D eigenvalue weighted by molar-refractivity contribution is 5.71. The summed E-state index contributed by atoms with van der Waals surface area (Å²) >= 11 is 0. The van der Waals surface area contributed by atoms with Crippen LogP contribution in [-0.2, 0) is 4.74 Å². The molecule has 1 aliphatic rings. The van der Waals surface area contributed by atoms with Crippen LogP contribution in [-0.4, -0.2) is 61.8 Å². The Morgan fingerprint density at radius 3 is 2.96 bits per heavy atom. The molecule has 10 heteroatoms. The summed E-state index contributed by atoms with van der Waals surface area (Å²) in [4.78, 5) is 22.5. The minimum Gasteiger partial charge on any atom is -0.396 e. The molecule has 2 heterocycles. The molecule has 1 saturated carbocycles. The summed E-state index contributed by atoms with van der Waals surface area (Å²) in [7, 11) is 0. The van der Waals surface area contributed by atoms with Crippen molar-refractivity contribution >= 4 is 17.1 Å². The van der Waals surface area contributed by atoms with Crippen LogP contribution in [0.3, 0.4) is 0 Å².